The van der Waals surface area contributed by atoms with Crippen LogP contribution < -0.4 is 5.32 Å². The van der Waals surface area contributed by atoms with Gasteiger partial charge in [-0.1, -0.05) is 0 Å². The Morgan fingerprint density at radius 2 is 2.17 bits per heavy atom. The first kappa shape index (κ1) is 13.8. The predicted molar refractivity (Wildman–Crippen MR) is 58.1 cm³/mol. The number of nitro benzene ring substituents is 1. The number of nitrogens with one attached hydrogen (secondary N) is 1. The normalized spacial score (nSPS) is 9.94. The fourth-order valence-corrected chi connectivity index (χ4v) is 1.24. The number of halogens is 2. The summed E-state index contributed by atoms with van der Waals surface area (Å²) in [5.41, 5.74) is -1.33. The molecule has 0 unspecified atom stereocenters. The first-order valence-corrected chi connectivity index (χ1v) is 4.99. The summed E-state index contributed by atoms with van der Waals surface area (Å²) in [7, 11) is 0. The Bertz CT molecular complexity index is 479. The monoisotopic (exact) mass is 260 g/mol. The van der Waals surface area contributed by atoms with Crippen LogP contribution in [0.3, 0.4) is 0 Å². The van der Waals surface area contributed by atoms with Crippen molar-refractivity contribution in [2.24, 2.45) is 0 Å². The highest BCUT2D eigenvalue weighted by molar-refractivity contribution is 5.76. The van der Waals surface area contributed by atoms with Crippen molar-refractivity contribution in [1.82, 2.24) is 0 Å². The number of esters is 1. The van der Waals surface area contributed by atoms with Crippen LogP contribution in [0.25, 0.3) is 0 Å². The number of ether oxygens (including phenoxy) is 1. The zero-order valence-electron chi connectivity index (χ0n) is 9.41. The standard InChI is InChI=1S/C10H10F2N2O4/c1-2-18-8(15)5-13-7-4-3-6(11)9(12)10(7)14(16)17/h3-4,13H,2,5H2,1H3. The maximum Gasteiger partial charge on any atom is 0.330 e. The summed E-state index contributed by atoms with van der Waals surface area (Å²) in [5, 5.41) is 12.9. The van der Waals surface area contributed by atoms with E-state index in [2.05, 4.69) is 10.1 Å². The lowest BCUT2D eigenvalue weighted by molar-refractivity contribution is -0.386. The van der Waals surface area contributed by atoms with E-state index >= 15 is 0 Å². The van der Waals surface area contributed by atoms with Gasteiger partial charge in [-0.05, 0) is 19.1 Å². The Morgan fingerprint density at radius 3 is 2.72 bits per heavy atom. The van der Waals surface area contributed by atoms with Crippen molar-refractivity contribution < 1.29 is 23.2 Å². The number of anilines is 1. The number of hydrogen-bond donors (Lipinski definition) is 1. The molecule has 0 atom stereocenters. The topological polar surface area (TPSA) is 81.5 Å². The zero-order chi connectivity index (χ0) is 13.7. The fraction of sp³-hybridized carbons (Fsp3) is 0.300. The molecule has 0 aromatic heterocycles. The lowest BCUT2D eigenvalue weighted by Crippen LogP contribution is -2.17. The molecule has 1 aromatic carbocycles. The molecule has 98 valence electrons. The molecule has 0 bridgehead atoms. The molecular weight excluding hydrogens is 250 g/mol. The Balaban J connectivity index is 2.92. The van der Waals surface area contributed by atoms with Gasteiger partial charge in [0.15, 0.2) is 5.82 Å². The molecule has 0 amide bonds. The van der Waals surface area contributed by atoms with Crippen LogP contribution in [-0.4, -0.2) is 24.0 Å². The van der Waals surface area contributed by atoms with Gasteiger partial charge >= 0.3 is 11.7 Å². The highest BCUT2D eigenvalue weighted by Gasteiger charge is 2.24. The average molecular weight is 260 g/mol. The molecule has 0 heterocycles. The van der Waals surface area contributed by atoms with Crippen LogP contribution in [-0.2, 0) is 9.53 Å². The third kappa shape index (κ3) is 3.12. The van der Waals surface area contributed by atoms with Gasteiger partial charge in [0.1, 0.15) is 12.2 Å². The first-order chi connectivity index (χ1) is 8.47. The maximum absolute atomic E-state index is 13.2. The highest BCUT2D eigenvalue weighted by Crippen LogP contribution is 2.29. The van der Waals surface area contributed by atoms with Gasteiger partial charge < -0.3 is 10.1 Å². The minimum Gasteiger partial charge on any atom is -0.465 e. The largest absolute Gasteiger partial charge is 0.465 e. The molecular formula is C10H10F2N2O4. The number of benzene rings is 1. The minimum absolute atomic E-state index is 0.153. The second kappa shape index (κ2) is 5.89. The van der Waals surface area contributed by atoms with Gasteiger partial charge in [-0.15, -0.1) is 0 Å². The molecule has 0 aliphatic heterocycles. The molecule has 0 saturated carbocycles. The summed E-state index contributed by atoms with van der Waals surface area (Å²) in [6.45, 7) is 1.37. The van der Waals surface area contributed by atoms with Crippen LogP contribution in [0.4, 0.5) is 20.2 Å². The van der Waals surface area contributed by atoms with Crippen molar-refractivity contribution in [1.29, 1.82) is 0 Å². The average Bonchev–Trinajstić information content (AvgIpc) is 2.30. The molecule has 1 rings (SSSR count). The third-order valence-electron chi connectivity index (χ3n) is 1.98. The number of carbonyl (C=O) groups excluding carboxylic acids is 1. The van der Waals surface area contributed by atoms with Gasteiger partial charge in [0.25, 0.3) is 0 Å². The van der Waals surface area contributed by atoms with Crippen molar-refractivity contribution in [3.63, 3.8) is 0 Å². The summed E-state index contributed by atoms with van der Waals surface area (Å²) in [6, 6.07) is 1.71. The van der Waals surface area contributed by atoms with Gasteiger partial charge in [-0.2, -0.15) is 4.39 Å². The minimum atomic E-state index is -1.58. The van der Waals surface area contributed by atoms with Crippen molar-refractivity contribution >= 4 is 17.3 Å². The molecule has 0 aliphatic carbocycles. The van der Waals surface area contributed by atoms with E-state index < -0.39 is 28.2 Å². The van der Waals surface area contributed by atoms with Crippen LogP contribution >= 0.6 is 0 Å². The summed E-state index contributed by atoms with van der Waals surface area (Å²) >= 11 is 0. The van der Waals surface area contributed by atoms with Crippen molar-refractivity contribution in [3.05, 3.63) is 33.9 Å². The van der Waals surface area contributed by atoms with Crippen LogP contribution in [0.5, 0.6) is 0 Å². The fourth-order valence-electron chi connectivity index (χ4n) is 1.24. The second-order valence-corrected chi connectivity index (χ2v) is 3.17. The molecule has 6 nitrogen and oxygen atoms in total. The Morgan fingerprint density at radius 1 is 1.50 bits per heavy atom. The molecule has 0 radical (unpaired) electrons. The van der Waals surface area contributed by atoms with Gasteiger partial charge in [-0.3, -0.25) is 14.9 Å². The number of hydrogen-bond acceptors (Lipinski definition) is 5. The second-order valence-electron chi connectivity index (χ2n) is 3.17. The number of nitrogens with zero attached hydrogens (tertiary/aromatic N) is 1. The lowest BCUT2D eigenvalue weighted by Gasteiger charge is -2.07. The predicted octanol–water partition coefficient (Wildman–Crippen LogP) is 1.85. The van der Waals surface area contributed by atoms with E-state index in [0.717, 1.165) is 12.1 Å². The highest BCUT2D eigenvalue weighted by atomic mass is 19.2. The summed E-state index contributed by atoms with van der Waals surface area (Å²) in [6.07, 6.45) is 0. The molecule has 18 heavy (non-hydrogen) atoms. The molecule has 0 fully saturated rings. The zero-order valence-corrected chi connectivity index (χ0v) is 9.41. The molecule has 0 saturated heterocycles. The lowest BCUT2D eigenvalue weighted by atomic mass is 10.2. The van der Waals surface area contributed by atoms with Crippen LogP contribution in [0.1, 0.15) is 6.92 Å². The van der Waals surface area contributed by atoms with Gasteiger partial charge in [0, 0.05) is 0 Å². The number of rotatable bonds is 5. The Hall–Kier alpha value is -2.25. The van der Waals surface area contributed by atoms with Crippen LogP contribution in [0.2, 0.25) is 0 Å². The SMILES string of the molecule is CCOC(=O)CNc1ccc(F)c(F)c1[N+](=O)[O-]. The van der Waals surface area contributed by atoms with E-state index in [1.165, 1.54) is 0 Å². The molecule has 1 N–H and O–H groups in total. The van der Waals surface area contributed by atoms with Crippen LogP contribution in [0.15, 0.2) is 12.1 Å². The van der Waals surface area contributed by atoms with Gasteiger partial charge in [0.2, 0.25) is 5.82 Å². The Labute approximate surface area is 101 Å². The number of carbonyl (C=O) groups is 1. The van der Waals surface area contributed by atoms with E-state index in [9.17, 15) is 23.7 Å². The van der Waals surface area contributed by atoms with Crippen LogP contribution in [0, 0.1) is 21.7 Å². The van der Waals surface area contributed by atoms with E-state index in [0.29, 0.717) is 0 Å². The van der Waals surface area contributed by atoms with E-state index in [-0.39, 0.29) is 18.8 Å². The number of nitro groups is 1. The van der Waals surface area contributed by atoms with E-state index in [1.54, 1.807) is 6.92 Å². The smallest absolute Gasteiger partial charge is 0.330 e. The van der Waals surface area contributed by atoms with Crippen molar-refractivity contribution in [2.75, 3.05) is 18.5 Å². The summed E-state index contributed by atoms with van der Waals surface area (Å²) < 4.78 is 30.6. The maximum atomic E-state index is 13.2. The summed E-state index contributed by atoms with van der Waals surface area (Å²) in [4.78, 5) is 20.6. The van der Waals surface area contributed by atoms with Crippen molar-refractivity contribution in [3.8, 4) is 0 Å². The molecule has 0 spiro atoms. The van der Waals surface area contributed by atoms with Gasteiger partial charge in [0.05, 0.1) is 11.5 Å². The molecule has 8 heteroatoms. The first-order valence-electron chi connectivity index (χ1n) is 4.99. The third-order valence-corrected chi connectivity index (χ3v) is 1.98. The quantitative estimate of drug-likeness (QED) is 0.496. The van der Waals surface area contributed by atoms with E-state index in [1.807, 2.05) is 0 Å². The molecule has 0 aliphatic rings. The van der Waals surface area contributed by atoms with Gasteiger partial charge in [-0.25, -0.2) is 4.39 Å². The van der Waals surface area contributed by atoms with E-state index in [4.69, 9.17) is 0 Å². The van der Waals surface area contributed by atoms with Crippen molar-refractivity contribution in [2.45, 2.75) is 6.92 Å². The Kier molecular flexibility index (Phi) is 4.52. The molecule has 1 aromatic rings. The summed E-state index contributed by atoms with van der Waals surface area (Å²) in [5.74, 6) is -3.56.